The first-order valence-electron chi connectivity index (χ1n) is 9.17. The maximum absolute atomic E-state index is 12.6. The van der Waals surface area contributed by atoms with E-state index < -0.39 is 0 Å². The standard InChI is InChI=1S/C20H22ClN3O3S/c1-2-27-18(25)8-7-17-13-28-20(23-17)22-16-9-11-24(12-10-16)19(26)14-3-5-15(21)6-4-14/h3-8,13,16H,2,9-12H2,1H3,(H,22,23). The quantitative estimate of drug-likeness (QED) is 0.564. The van der Waals surface area contributed by atoms with Gasteiger partial charge in [-0.2, -0.15) is 0 Å². The van der Waals surface area contributed by atoms with Crippen LogP contribution in [0.3, 0.4) is 0 Å². The zero-order valence-electron chi connectivity index (χ0n) is 15.6. The number of esters is 1. The van der Waals surface area contributed by atoms with Crippen LogP contribution in [0.1, 0.15) is 35.8 Å². The Hall–Kier alpha value is -2.38. The first kappa shape index (κ1) is 20.4. The molecule has 0 aliphatic carbocycles. The van der Waals surface area contributed by atoms with Gasteiger partial charge in [-0.15, -0.1) is 11.3 Å². The monoisotopic (exact) mass is 419 g/mol. The second kappa shape index (κ2) is 9.71. The van der Waals surface area contributed by atoms with E-state index in [1.54, 1.807) is 37.3 Å². The fraction of sp³-hybridized carbons (Fsp3) is 0.350. The lowest BCUT2D eigenvalue weighted by atomic mass is 10.0. The summed E-state index contributed by atoms with van der Waals surface area (Å²) >= 11 is 7.38. The predicted octanol–water partition coefficient (Wildman–Crippen LogP) is 4.09. The van der Waals surface area contributed by atoms with Crippen molar-refractivity contribution in [3.05, 3.63) is 52.0 Å². The minimum Gasteiger partial charge on any atom is -0.463 e. The second-order valence-corrected chi connectivity index (χ2v) is 7.68. The molecule has 3 rings (SSSR count). The van der Waals surface area contributed by atoms with Crippen LogP contribution < -0.4 is 5.32 Å². The SMILES string of the molecule is CCOC(=O)C=Cc1csc(NC2CCN(C(=O)c3ccc(Cl)cc3)CC2)n1. The van der Waals surface area contributed by atoms with E-state index >= 15 is 0 Å². The molecule has 1 amide bonds. The van der Waals surface area contributed by atoms with Crippen LogP contribution in [-0.4, -0.2) is 47.5 Å². The molecule has 1 N–H and O–H groups in total. The highest BCUT2D eigenvalue weighted by molar-refractivity contribution is 7.13. The van der Waals surface area contributed by atoms with E-state index in [9.17, 15) is 9.59 Å². The minimum absolute atomic E-state index is 0.0377. The molecule has 0 atom stereocenters. The van der Waals surface area contributed by atoms with Gasteiger partial charge in [0.1, 0.15) is 0 Å². The number of piperidine rings is 1. The molecule has 1 saturated heterocycles. The number of thiazole rings is 1. The number of hydrogen-bond acceptors (Lipinski definition) is 6. The van der Waals surface area contributed by atoms with Gasteiger partial charge in [0.25, 0.3) is 5.91 Å². The van der Waals surface area contributed by atoms with Crippen molar-refractivity contribution < 1.29 is 14.3 Å². The number of aromatic nitrogens is 1. The Labute approximate surface area is 173 Å². The third-order valence-corrected chi connectivity index (χ3v) is 5.44. The highest BCUT2D eigenvalue weighted by Gasteiger charge is 2.24. The molecule has 1 aromatic carbocycles. The van der Waals surface area contributed by atoms with Crippen LogP contribution in [0.2, 0.25) is 5.02 Å². The van der Waals surface area contributed by atoms with Gasteiger partial charge in [-0.3, -0.25) is 4.79 Å². The fourth-order valence-corrected chi connectivity index (χ4v) is 3.83. The third-order valence-electron chi connectivity index (χ3n) is 4.40. The number of hydrogen-bond donors (Lipinski definition) is 1. The lowest BCUT2D eigenvalue weighted by Gasteiger charge is -2.32. The maximum atomic E-state index is 12.6. The van der Waals surface area contributed by atoms with Crippen molar-refractivity contribution in [2.45, 2.75) is 25.8 Å². The summed E-state index contributed by atoms with van der Waals surface area (Å²) in [6.45, 7) is 3.51. The summed E-state index contributed by atoms with van der Waals surface area (Å²) in [5.41, 5.74) is 1.38. The normalized spacial score (nSPS) is 15.0. The zero-order chi connectivity index (χ0) is 19.9. The van der Waals surface area contributed by atoms with Crippen molar-refractivity contribution in [3.63, 3.8) is 0 Å². The Morgan fingerprint density at radius 1 is 1.32 bits per heavy atom. The third kappa shape index (κ3) is 5.56. The molecule has 2 aromatic rings. The molecule has 1 aromatic heterocycles. The topological polar surface area (TPSA) is 71.5 Å². The van der Waals surface area contributed by atoms with Crippen molar-refractivity contribution in [1.29, 1.82) is 0 Å². The molecule has 1 aliphatic heterocycles. The number of anilines is 1. The Bertz CT molecular complexity index is 843. The maximum Gasteiger partial charge on any atom is 0.330 e. The molecular weight excluding hydrogens is 398 g/mol. The van der Waals surface area contributed by atoms with E-state index in [2.05, 4.69) is 10.3 Å². The molecule has 0 spiro atoms. The van der Waals surface area contributed by atoms with Crippen molar-refractivity contribution in [3.8, 4) is 0 Å². The van der Waals surface area contributed by atoms with Gasteiger partial charge in [0.15, 0.2) is 5.13 Å². The summed E-state index contributed by atoms with van der Waals surface area (Å²) in [4.78, 5) is 30.3. The number of amides is 1. The smallest absolute Gasteiger partial charge is 0.330 e. The van der Waals surface area contributed by atoms with Crippen molar-refractivity contribution in [2.24, 2.45) is 0 Å². The van der Waals surface area contributed by atoms with Crippen molar-refractivity contribution in [2.75, 3.05) is 25.0 Å². The van der Waals surface area contributed by atoms with Gasteiger partial charge in [-0.05, 0) is 50.1 Å². The van der Waals surface area contributed by atoms with Gasteiger partial charge in [0.05, 0.1) is 12.3 Å². The van der Waals surface area contributed by atoms with Crippen LogP contribution in [0.4, 0.5) is 5.13 Å². The number of nitrogens with one attached hydrogen (secondary N) is 1. The predicted molar refractivity (Wildman–Crippen MR) is 112 cm³/mol. The molecule has 28 heavy (non-hydrogen) atoms. The van der Waals surface area contributed by atoms with Gasteiger partial charge in [-0.25, -0.2) is 9.78 Å². The number of carbonyl (C=O) groups excluding carboxylic acids is 2. The first-order valence-corrected chi connectivity index (χ1v) is 10.4. The molecule has 1 fully saturated rings. The van der Waals surface area contributed by atoms with Crippen LogP contribution in [-0.2, 0) is 9.53 Å². The average Bonchev–Trinajstić information content (AvgIpc) is 3.15. The average molecular weight is 420 g/mol. The Morgan fingerprint density at radius 2 is 2.04 bits per heavy atom. The number of likely N-dealkylation sites (tertiary alicyclic amines) is 1. The summed E-state index contributed by atoms with van der Waals surface area (Å²) < 4.78 is 4.85. The van der Waals surface area contributed by atoms with Crippen molar-refractivity contribution >= 4 is 46.0 Å². The molecule has 0 unspecified atom stereocenters. The number of carbonyl (C=O) groups is 2. The molecule has 148 valence electrons. The molecule has 0 saturated carbocycles. The van der Waals surface area contributed by atoms with E-state index in [1.165, 1.54) is 17.4 Å². The van der Waals surface area contributed by atoms with Crippen molar-refractivity contribution in [1.82, 2.24) is 9.88 Å². The lowest BCUT2D eigenvalue weighted by Crippen LogP contribution is -2.42. The van der Waals surface area contributed by atoms with Gasteiger partial charge < -0.3 is 15.0 Å². The molecule has 0 radical (unpaired) electrons. The van der Waals surface area contributed by atoms with E-state index in [-0.39, 0.29) is 17.9 Å². The minimum atomic E-state index is -0.372. The number of benzene rings is 1. The number of ether oxygens (including phenoxy) is 1. The zero-order valence-corrected chi connectivity index (χ0v) is 17.1. The number of rotatable bonds is 6. The molecular formula is C20H22ClN3O3S. The Morgan fingerprint density at radius 3 is 2.71 bits per heavy atom. The van der Waals surface area contributed by atoms with E-state index in [0.29, 0.717) is 30.3 Å². The molecule has 1 aliphatic rings. The van der Waals surface area contributed by atoms with Gasteiger partial charge in [0, 0.05) is 41.2 Å². The summed E-state index contributed by atoms with van der Waals surface area (Å²) in [6.07, 6.45) is 4.73. The second-order valence-electron chi connectivity index (χ2n) is 6.38. The highest BCUT2D eigenvalue weighted by Crippen LogP contribution is 2.22. The highest BCUT2D eigenvalue weighted by atomic mass is 35.5. The van der Waals surface area contributed by atoms with Crippen LogP contribution >= 0.6 is 22.9 Å². The molecule has 6 nitrogen and oxygen atoms in total. The van der Waals surface area contributed by atoms with Gasteiger partial charge in [0.2, 0.25) is 0 Å². The Kier molecular flexibility index (Phi) is 7.06. The summed E-state index contributed by atoms with van der Waals surface area (Å²) in [7, 11) is 0. The van der Waals surface area contributed by atoms with Gasteiger partial charge >= 0.3 is 5.97 Å². The number of nitrogens with zero attached hydrogens (tertiary/aromatic N) is 2. The largest absolute Gasteiger partial charge is 0.463 e. The van der Waals surface area contributed by atoms with Gasteiger partial charge in [-0.1, -0.05) is 11.6 Å². The fourth-order valence-electron chi connectivity index (χ4n) is 2.95. The molecule has 8 heteroatoms. The van der Waals surface area contributed by atoms with Crippen LogP contribution in [0.15, 0.2) is 35.7 Å². The Balaban J connectivity index is 1.48. The van der Waals surface area contributed by atoms with E-state index in [1.807, 2.05) is 10.3 Å². The summed E-state index contributed by atoms with van der Waals surface area (Å²) in [5.74, 6) is -0.335. The van der Waals surface area contributed by atoms with Crippen LogP contribution in [0, 0.1) is 0 Å². The van der Waals surface area contributed by atoms with E-state index in [0.717, 1.165) is 23.7 Å². The summed E-state index contributed by atoms with van der Waals surface area (Å²) in [6, 6.07) is 7.26. The molecule has 2 heterocycles. The van der Waals surface area contributed by atoms with Crippen LogP contribution in [0.25, 0.3) is 6.08 Å². The summed E-state index contributed by atoms with van der Waals surface area (Å²) in [5, 5.41) is 6.74. The van der Waals surface area contributed by atoms with Crippen LogP contribution in [0.5, 0.6) is 0 Å². The van der Waals surface area contributed by atoms with E-state index in [4.69, 9.17) is 16.3 Å². The lowest BCUT2D eigenvalue weighted by molar-refractivity contribution is -0.137. The first-order chi connectivity index (χ1) is 13.5. The molecule has 0 bridgehead atoms. The number of halogens is 1.